The predicted molar refractivity (Wildman–Crippen MR) is 104 cm³/mol. The van der Waals surface area contributed by atoms with Gasteiger partial charge in [-0.3, -0.25) is 9.69 Å². The minimum Gasteiger partial charge on any atom is -0.497 e. The number of carbonyl (C=O) groups is 2. The number of ether oxygens (including phenoxy) is 1. The van der Waals surface area contributed by atoms with Gasteiger partial charge in [-0.1, -0.05) is 12.1 Å². The van der Waals surface area contributed by atoms with Crippen LogP contribution in [0.1, 0.15) is 23.9 Å². The molecule has 1 fully saturated rings. The van der Waals surface area contributed by atoms with E-state index in [1.54, 1.807) is 38.3 Å². The monoisotopic (exact) mass is 397 g/mol. The number of carbonyl (C=O) groups excluding carboxylic acids is 2. The third kappa shape index (κ3) is 3.05. The Morgan fingerprint density at radius 3 is 2.61 bits per heavy atom. The Hall–Kier alpha value is -3.13. The molecule has 1 saturated heterocycles. The summed E-state index contributed by atoms with van der Waals surface area (Å²) in [5.41, 5.74) is 0.205. The van der Waals surface area contributed by atoms with Gasteiger partial charge in [-0.15, -0.1) is 11.3 Å². The maximum absolute atomic E-state index is 13.0. The van der Waals surface area contributed by atoms with Crippen molar-refractivity contribution in [3.63, 3.8) is 0 Å². The van der Waals surface area contributed by atoms with E-state index < -0.39 is 11.6 Å². The standard InChI is InChI=1S/C20H19N3O4S/c1-12-4-9-16(27-12)17-21-14(11-28-17)10-23-18(24)20(2,22-19(23)25)13-5-7-15(26-3)8-6-13/h4-9,11H,10H2,1-3H3,(H,22,25). The molecule has 3 heterocycles. The van der Waals surface area contributed by atoms with Crippen LogP contribution in [0.2, 0.25) is 0 Å². The van der Waals surface area contributed by atoms with Crippen LogP contribution in [0.5, 0.6) is 5.75 Å². The zero-order valence-electron chi connectivity index (χ0n) is 15.7. The highest BCUT2D eigenvalue weighted by Gasteiger charge is 2.49. The molecule has 0 saturated carbocycles. The van der Waals surface area contributed by atoms with Gasteiger partial charge in [-0.05, 0) is 43.7 Å². The van der Waals surface area contributed by atoms with Crippen LogP contribution in [0.15, 0.2) is 46.2 Å². The zero-order chi connectivity index (χ0) is 19.9. The summed E-state index contributed by atoms with van der Waals surface area (Å²) < 4.78 is 10.7. The summed E-state index contributed by atoms with van der Waals surface area (Å²) >= 11 is 1.41. The fourth-order valence-electron chi connectivity index (χ4n) is 3.16. The minimum absolute atomic E-state index is 0.104. The molecular formula is C20H19N3O4S. The number of aryl methyl sites for hydroxylation is 1. The zero-order valence-corrected chi connectivity index (χ0v) is 16.5. The lowest BCUT2D eigenvalue weighted by Gasteiger charge is -2.22. The highest BCUT2D eigenvalue weighted by Crippen LogP contribution is 2.32. The van der Waals surface area contributed by atoms with Crippen LogP contribution in [0.25, 0.3) is 10.8 Å². The number of hydrogen-bond acceptors (Lipinski definition) is 6. The summed E-state index contributed by atoms with van der Waals surface area (Å²) in [6, 6.07) is 10.4. The molecule has 0 aliphatic carbocycles. The average molecular weight is 397 g/mol. The first-order valence-corrected chi connectivity index (χ1v) is 9.58. The van der Waals surface area contributed by atoms with Gasteiger partial charge in [-0.2, -0.15) is 0 Å². The van der Waals surface area contributed by atoms with Gasteiger partial charge in [0.05, 0.1) is 19.3 Å². The number of amides is 3. The van der Waals surface area contributed by atoms with E-state index >= 15 is 0 Å². The minimum atomic E-state index is -1.12. The van der Waals surface area contributed by atoms with E-state index in [-0.39, 0.29) is 12.5 Å². The fourth-order valence-corrected chi connectivity index (χ4v) is 3.94. The summed E-state index contributed by atoms with van der Waals surface area (Å²) in [5, 5.41) is 5.35. The van der Waals surface area contributed by atoms with Gasteiger partial charge in [0.25, 0.3) is 5.91 Å². The number of nitrogens with one attached hydrogen (secondary N) is 1. The number of hydrogen-bond donors (Lipinski definition) is 1. The molecule has 3 amide bonds. The molecular weight excluding hydrogens is 378 g/mol. The number of aromatic nitrogens is 1. The lowest BCUT2D eigenvalue weighted by Crippen LogP contribution is -2.40. The molecule has 3 aromatic rings. The summed E-state index contributed by atoms with van der Waals surface area (Å²) in [7, 11) is 1.58. The van der Waals surface area contributed by atoms with E-state index in [9.17, 15) is 9.59 Å². The Bertz CT molecular complexity index is 1040. The van der Waals surface area contributed by atoms with E-state index in [4.69, 9.17) is 9.15 Å². The van der Waals surface area contributed by atoms with E-state index in [1.165, 1.54) is 16.2 Å². The van der Waals surface area contributed by atoms with Crippen molar-refractivity contribution in [2.75, 3.05) is 7.11 Å². The van der Waals surface area contributed by atoms with Crippen LogP contribution in [0, 0.1) is 6.92 Å². The molecule has 0 spiro atoms. The molecule has 28 heavy (non-hydrogen) atoms. The number of methoxy groups -OCH3 is 1. The second-order valence-corrected chi connectivity index (χ2v) is 7.59. The summed E-state index contributed by atoms with van der Waals surface area (Å²) in [6.45, 7) is 3.67. The number of furan rings is 1. The van der Waals surface area contributed by atoms with Crippen molar-refractivity contribution in [1.82, 2.24) is 15.2 Å². The molecule has 8 heteroatoms. The first-order chi connectivity index (χ1) is 13.4. The van der Waals surface area contributed by atoms with Gasteiger partial charge in [0.15, 0.2) is 10.8 Å². The average Bonchev–Trinajstić information content (AvgIpc) is 3.38. The Morgan fingerprint density at radius 1 is 1.21 bits per heavy atom. The number of nitrogens with zero attached hydrogens (tertiary/aromatic N) is 2. The van der Waals surface area contributed by atoms with Crippen molar-refractivity contribution in [3.8, 4) is 16.5 Å². The number of urea groups is 1. The smallest absolute Gasteiger partial charge is 0.325 e. The van der Waals surface area contributed by atoms with Crippen molar-refractivity contribution < 1.29 is 18.7 Å². The van der Waals surface area contributed by atoms with Gasteiger partial charge in [0, 0.05) is 5.38 Å². The Labute approximate surface area is 165 Å². The van der Waals surface area contributed by atoms with Gasteiger partial charge in [0.2, 0.25) is 0 Å². The molecule has 1 N–H and O–H groups in total. The molecule has 1 unspecified atom stereocenters. The number of benzene rings is 1. The van der Waals surface area contributed by atoms with Crippen molar-refractivity contribution >= 4 is 23.3 Å². The van der Waals surface area contributed by atoms with Crippen LogP contribution in [-0.4, -0.2) is 28.9 Å². The summed E-state index contributed by atoms with van der Waals surface area (Å²) in [6.07, 6.45) is 0. The van der Waals surface area contributed by atoms with Gasteiger partial charge < -0.3 is 14.5 Å². The number of imide groups is 1. The lowest BCUT2D eigenvalue weighted by atomic mass is 9.92. The van der Waals surface area contributed by atoms with E-state index in [2.05, 4.69) is 10.3 Å². The van der Waals surface area contributed by atoms with Crippen LogP contribution in [0.4, 0.5) is 4.79 Å². The largest absolute Gasteiger partial charge is 0.497 e. The lowest BCUT2D eigenvalue weighted by molar-refractivity contribution is -0.131. The molecule has 0 radical (unpaired) electrons. The normalized spacial score (nSPS) is 19.2. The Morgan fingerprint density at radius 2 is 1.96 bits per heavy atom. The SMILES string of the molecule is COc1ccc(C2(C)NC(=O)N(Cc3csc(-c4ccc(C)o4)n3)C2=O)cc1. The molecule has 4 rings (SSSR count). The summed E-state index contributed by atoms with van der Waals surface area (Å²) in [5.74, 6) is 1.85. The molecule has 1 atom stereocenters. The van der Waals surface area contributed by atoms with Crippen molar-refractivity contribution in [1.29, 1.82) is 0 Å². The van der Waals surface area contributed by atoms with Crippen molar-refractivity contribution in [3.05, 3.63) is 58.8 Å². The Balaban J connectivity index is 1.55. The molecule has 2 aromatic heterocycles. The molecule has 0 bridgehead atoms. The maximum Gasteiger partial charge on any atom is 0.325 e. The topological polar surface area (TPSA) is 84.7 Å². The first-order valence-electron chi connectivity index (χ1n) is 8.70. The third-order valence-electron chi connectivity index (χ3n) is 4.77. The maximum atomic E-state index is 13.0. The second-order valence-electron chi connectivity index (χ2n) is 6.73. The quantitative estimate of drug-likeness (QED) is 0.664. The first kappa shape index (κ1) is 18.2. The Kier molecular flexibility index (Phi) is 4.43. The van der Waals surface area contributed by atoms with Crippen LogP contribution in [-0.2, 0) is 16.9 Å². The molecule has 1 aliphatic heterocycles. The van der Waals surface area contributed by atoms with E-state index in [0.717, 1.165) is 5.76 Å². The molecule has 144 valence electrons. The van der Waals surface area contributed by atoms with Crippen LogP contribution >= 0.6 is 11.3 Å². The molecule has 1 aromatic carbocycles. The van der Waals surface area contributed by atoms with E-state index in [0.29, 0.717) is 27.8 Å². The number of thiazole rings is 1. The second kappa shape index (κ2) is 6.79. The van der Waals surface area contributed by atoms with Gasteiger partial charge in [0.1, 0.15) is 17.0 Å². The predicted octanol–water partition coefficient (Wildman–Crippen LogP) is 3.69. The van der Waals surface area contributed by atoms with Gasteiger partial charge >= 0.3 is 6.03 Å². The van der Waals surface area contributed by atoms with E-state index in [1.807, 2.05) is 24.4 Å². The van der Waals surface area contributed by atoms with Crippen molar-refractivity contribution in [2.45, 2.75) is 25.9 Å². The van der Waals surface area contributed by atoms with Crippen molar-refractivity contribution in [2.24, 2.45) is 0 Å². The summed E-state index contributed by atoms with van der Waals surface area (Å²) in [4.78, 5) is 31.2. The fraction of sp³-hybridized carbons (Fsp3) is 0.250. The van der Waals surface area contributed by atoms with Gasteiger partial charge in [-0.25, -0.2) is 9.78 Å². The highest BCUT2D eigenvalue weighted by molar-refractivity contribution is 7.13. The molecule has 7 nitrogen and oxygen atoms in total. The number of rotatable bonds is 5. The highest BCUT2D eigenvalue weighted by atomic mass is 32.1. The third-order valence-corrected chi connectivity index (χ3v) is 5.67. The van der Waals surface area contributed by atoms with Crippen LogP contribution in [0.3, 0.4) is 0 Å². The molecule has 1 aliphatic rings. The van der Waals surface area contributed by atoms with Crippen LogP contribution < -0.4 is 10.1 Å².